The first-order valence-electron chi connectivity index (χ1n) is 10.5. The number of alkyl halides is 2. The first-order chi connectivity index (χ1) is 15.6. The smallest absolute Gasteiger partial charge is 0.351 e. The molecule has 0 spiro atoms. The molecule has 33 heavy (non-hydrogen) atoms. The Kier molecular flexibility index (Phi) is 6.64. The van der Waals surface area contributed by atoms with Crippen LogP contribution in [0.25, 0.3) is 0 Å². The molecule has 2 amide bonds. The van der Waals surface area contributed by atoms with Crippen molar-refractivity contribution in [1.82, 2.24) is 15.5 Å². The summed E-state index contributed by atoms with van der Waals surface area (Å²) in [7, 11) is 0. The number of nitrogens with zero attached hydrogens (tertiary/aromatic N) is 1. The number of nitrogens with one attached hydrogen (secondary N) is 2. The van der Waals surface area contributed by atoms with Crippen LogP contribution in [0.3, 0.4) is 0 Å². The maximum absolute atomic E-state index is 14.6. The van der Waals surface area contributed by atoms with Gasteiger partial charge in [-0.05, 0) is 48.2 Å². The number of halogens is 4. The summed E-state index contributed by atoms with van der Waals surface area (Å²) in [6.07, 6.45) is -0.0372. The molecule has 0 radical (unpaired) electrons. The van der Waals surface area contributed by atoms with Crippen LogP contribution in [-0.4, -0.2) is 34.1 Å². The number of carbonyl (C=O) groups is 2. The van der Waals surface area contributed by atoms with Crippen molar-refractivity contribution in [1.29, 1.82) is 0 Å². The lowest BCUT2D eigenvalue weighted by molar-refractivity contribution is -0.147. The predicted molar refractivity (Wildman–Crippen MR) is 120 cm³/mol. The highest BCUT2D eigenvalue weighted by molar-refractivity contribution is 6.35. The molecule has 0 saturated carbocycles. The minimum absolute atomic E-state index is 0.0228. The number of amides is 2. The molecule has 2 aliphatic rings. The summed E-state index contributed by atoms with van der Waals surface area (Å²) in [5.41, 5.74) is 2.12. The summed E-state index contributed by atoms with van der Waals surface area (Å²) >= 11 is 11.6. The molecule has 2 aromatic carbocycles. The molecule has 176 valence electrons. The van der Waals surface area contributed by atoms with Crippen LogP contribution in [0.2, 0.25) is 10.0 Å². The molecule has 3 N–H and O–H groups in total. The second kappa shape index (κ2) is 9.18. The molecule has 2 heterocycles. The zero-order valence-corrected chi connectivity index (χ0v) is 19.3. The monoisotopic (exact) mass is 497 g/mol. The lowest BCUT2D eigenvalue weighted by Gasteiger charge is -2.37. The standard InChI is InChI=1S/C23H23Cl2F2N3O3/c1-12-16-4-2-13(8-14(16)11-30(12)19-6-7-20(31)29-21(19)32)10-28-22(33)23(26,27)17-5-3-15(24)9-18(17)25/h2-5,8-9,12,19,21,32H,6-7,10-11H2,1H3,(H,28,33)(H,29,31). The molecule has 0 aliphatic carbocycles. The number of benzene rings is 2. The van der Waals surface area contributed by atoms with Gasteiger partial charge in [0.1, 0.15) is 6.23 Å². The Bertz CT molecular complexity index is 1100. The van der Waals surface area contributed by atoms with Crippen LogP contribution in [-0.2, 0) is 28.6 Å². The zero-order chi connectivity index (χ0) is 23.9. The predicted octanol–water partition coefficient (Wildman–Crippen LogP) is 3.88. The van der Waals surface area contributed by atoms with Crippen LogP contribution in [0.1, 0.15) is 48.1 Å². The number of rotatable bonds is 5. The number of aliphatic hydroxyl groups is 1. The van der Waals surface area contributed by atoms with Crippen LogP contribution in [0.15, 0.2) is 36.4 Å². The van der Waals surface area contributed by atoms with Crippen molar-refractivity contribution in [3.8, 4) is 0 Å². The molecule has 4 rings (SSSR count). The maximum Gasteiger partial charge on any atom is 0.351 e. The third-order valence-corrected chi connectivity index (χ3v) is 6.83. The summed E-state index contributed by atoms with van der Waals surface area (Å²) in [4.78, 5) is 25.9. The van der Waals surface area contributed by atoms with Gasteiger partial charge in [0.2, 0.25) is 5.91 Å². The quantitative estimate of drug-likeness (QED) is 0.585. The van der Waals surface area contributed by atoms with Crippen LogP contribution in [0.5, 0.6) is 0 Å². The normalized spacial score (nSPS) is 23.2. The van der Waals surface area contributed by atoms with Gasteiger partial charge in [-0.2, -0.15) is 8.78 Å². The van der Waals surface area contributed by atoms with E-state index < -0.39 is 23.6 Å². The molecule has 1 saturated heterocycles. The molecule has 3 atom stereocenters. The van der Waals surface area contributed by atoms with E-state index in [1.807, 2.05) is 19.1 Å². The maximum atomic E-state index is 14.6. The minimum atomic E-state index is -3.81. The van der Waals surface area contributed by atoms with Crippen molar-refractivity contribution in [2.24, 2.45) is 0 Å². The van der Waals surface area contributed by atoms with E-state index >= 15 is 0 Å². The summed E-state index contributed by atoms with van der Waals surface area (Å²) in [5.74, 6) is -5.44. The van der Waals surface area contributed by atoms with Crippen molar-refractivity contribution in [2.75, 3.05) is 0 Å². The summed E-state index contributed by atoms with van der Waals surface area (Å²) in [6, 6.07) is 8.83. The summed E-state index contributed by atoms with van der Waals surface area (Å²) in [6.45, 7) is 2.49. The van der Waals surface area contributed by atoms with Gasteiger partial charge in [-0.15, -0.1) is 0 Å². The number of piperidine rings is 1. The largest absolute Gasteiger partial charge is 0.372 e. The SMILES string of the molecule is CC1c2ccc(CNC(=O)C(F)(F)c3ccc(Cl)cc3Cl)cc2CN1C1CCC(=O)NC1O. The van der Waals surface area contributed by atoms with E-state index in [2.05, 4.69) is 15.5 Å². The molecular formula is C23H23Cl2F2N3O3. The van der Waals surface area contributed by atoms with Gasteiger partial charge in [-0.1, -0.05) is 41.4 Å². The Morgan fingerprint density at radius 1 is 1.27 bits per heavy atom. The minimum Gasteiger partial charge on any atom is -0.372 e. The van der Waals surface area contributed by atoms with Crippen molar-refractivity contribution in [3.63, 3.8) is 0 Å². The molecule has 1 fully saturated rings. The van der Waals surface area contributed by atoms with Gasteiger partial charge in [0.25, 0.3) is 5.91 Å². The highest BCUT2D eigenvalue weighted by Gasteiger charge is 2.42. The van der Waals surface area contributed by atoms with E-state index in [0.717, 1.165) is 17.2 Å². The Balaban J connectivity index is 1.43. The fourth-order valence-corrected chi connectivity index (χ4v) is 5.03. The van der Waals surface area contributed by atoms with E-state index in [-0.39, 0.29) is 34.6 Å². The molecule has 0 bridgehead atoms. The highest BCUT2D eigenvalue weighted by atomic mass is 35.5. The van der Waals surface area contributed by atoms with Crippen molar-refractivity contribution < 1.29 is 23.5 Å². The second-order valence-corrected chi connectivity index (χ2v) is 9.22. The fraction of sp³-hybridized carbons (Fsp3) is 0.391. The zero-order valence-electron chi connectivity index (χ0n) is 17.7. The molecule has 2 aliphatic heterocycles. The average Bonchev–Trinajstić information content (AvgIpc) is 3.07. The van der Waals surface area contributed by atoms with E-state index in [9.17, 15) is 23.5 Å². The molecule has 6 nitrogen and oxygen atoms in total. The van der Waals surface area contributed by atoms with E-state index in [0.29, 0.717) is 24.9 Å². The van der Waals surface area contributed by atoms with Gasteiger partial charge in [-0.25, -0.2) is 0 Å². The van der Waals surface area contributed by atoms with Crippen LogP contribution < -0.4 is 10.6 Å². The lowest BCUT2D eigenvalue weighted by atomic mass is 10.0. The molecule has 2 aromatic rings. The van der Waals surface area contributed by atoms with Gasteiger partial charge >= 0.3 is 5.92 Å². The lowest BCUT2D eigenvalue weighted by Crippen LogP contribution is -2.54. The van der Waals surface area contributed by atoms with Gasteiger partial charge in [0.15, 0.2) is 0 Å². The molecule has 3 unspecified atom stereocenters. The van der Waals surface area contributed by atoms with Crippen molar-refractivity contribution in [3.05, 3.63) is 68.7 Å². The number of fused-ring (bicyclic) bond motifs is 1. The molecule has 0 aromatic heterocycles. The van der Waals surface area contributed by atoms with Gasteiger partial charge in [0.05, 0.1) is 11.1 Å². The topological polar surface area (TPSA) is 81.7 Å². The van der Waals surface area contributed by atoms with Crippen molar-refractivity contribution >= 4 is 35.0 Å². The van der Waals surface area contributed by atoms with Crippen molar-refractivity contribution in [2.45, 2.75) is 57.1 Å². The summed E-state index contributed by atoms with van der Waals surface area (Å²) < 4.78 is 29.3. The first kappa shape index (κ1) is 23.9. The average molecular weight is 498 g/mol. The van der Waals surface area contributed by atoms with E-state index in [1.54, 1.807) is 6.07 Å². The highest BCUT2D eigenvalue weighted by Crippen LogP contribution is 2.38. The third kappa shape index (κ3) is 4.71. The number of aliphatic hydroxyl groups excluding tert-OH is 1. The third-order valence-electron chi connectivity index (χ3n) is 6.28. The van der Waals surface area contributed by atoms with Crippen LogP contribution in [0.4, 0.5) is 8.78 Å². The Labute approximate surface area is 199 Å². The Morgan fingerprint density at radius 2 is 2.03 bits per heavy atom. The Hall–Kier alpha value is -2.26. The second-order valence-electron chi connectivity index (χ2n) is 8.38. The van der Waals surface area contributed by atoms with Crippen LogP contribution in [0, 0.1) is 0 Å². The van der Waals surface area contributed by atoms with E-state index in [4.69, 9.17) is 23.2 Å². The van der Waals surface area contributed by atoms with Gasteiger partial charge < -0.3 is 15.7 Å². The first-order valence-corrected chi connectivity index (χ1v) is 11.3. The fourth-order valence-electron chi connectivity index (χ4n) is 4.51. The summed E-state index contributed by atoms with van der Waals surface area (Å²) in [5, 5.41) is 15.1. The molecule has 10 heteroatoms. The van der Waals surface area contributed by atoms with Gasteiger partial charge in [0, 0.05) is 36.1 Å². The van der Waals surface area contributed by atoms with Gasteiger partial charge in [-0.3, -0.25) is 14.5 Å². The van der Waals surface area contributed by atoms with Crippen LogP contribution >= 0.6 is 23.2 Å². The molecular weight excluding hydrogens is 475 g/mol. The number of hydrogen-bond donors (Lipinski definition) is 3. The van der Waals surface area contributed by atoms with E-state index in [1.165, 1.54) is 12.1 Å². The Morgan fingerprint density at radius 3 is 2.73 bits per heavy atom. The number of carbonyl (C=O) groups excluding carboxylic acids is 2. The number of hydrogen-bond acceptors (Lipinski definition) is 4.